The maximum atomic E-state index is 12.7. The molecule has 0 bridgehead atoms. The van der Waals surface area contributed by atoms with Gasteiger partial charge in [-0.3, -0.25) is 0 Å². The number of benzene rings is 3. The lowest BCUT2D eigenvalue weighted by Crippen LogP contribution is -2.21. The van der Waals surface area contributed by atoms with Crippen LogP contribution in [0.1, 0.15) is 61.0 Å². The highest BCUT2D eigenvalue weighted by atomic mass is 16.5. The minimum absolute atomic E-state index is 0.0160. The molecule has 3 aromatic carbocycles. The zero-order chi connectivity index (χ0) is 27.1. The summed E-state index contributed by atoms with van der Waals surface area (Å²) in [7, 11) is 0. The summed E-state index contributed by atoms with van der Waals surface area (Å²) in [5.41, 5.74) is 8.46. The molecule has 0 saturated carbocycles. The van der Waals surface area contributed by atoms with E-state index in [-0.39, 0.29) is 5.88 Å². The number of ether oxygens (including phenoxy) is 4. The van der Waals surface area contributed by atoms with Gasteiger partial charge in [0, 0.05) is 11.6 Å². The number of rotatable bonds is 10. The summed E-state index contributed by atoms with van der Waals surface area (Å²) in [5.74, 6) is 1.75. The van der Waals surface area contributed by atoms with E-state index in [0.29, 0.717) is 47.5 Å². The van der Waals surface area contributed by atoms with E-state index < -0.39 is 11.9 Å². The first-order valence-electron chi connectivity index (χ1n) is 12.8. The number of hydrogen-bond donors (Lipinski definition) is 1. The van der Waals surface area contributed by atoms with E-state index in [1.807, 2.05) is 31.2 Å². The minimum atomic E-state index is -0.508. The molecule has 1 aliphatic rings. The summed E-state index contributed by atoms with van der Waals surface area (Å²) in [6.45, 7) is 7.55. The van der Waals surface area contributed by atoms with Crippen LogP contribution in [0, 0.1) is 17.2 Å². The van der Waals surface area contributed by atoms with Crippen molar-refractivity contribution in [1.29, 1.82) is 5.26 Å². The van der Waals surface area contributed by atoms with Gasteiger partial charge in [0.25, 0.3) is 0 Å². The number of nitrogens with two attached hydrogens (primary N) is 1. The molecule has 1 unspecified atom stereocenters. The Labute approximate surface area is 223 Å². The van der Waals surface area contributed by atoms with E-state index in [9.17, 15) is 10.1 Å². The molecule has 0 spiro atoms. The number of nitrogens with zero attached hydrogens (tertiary/aromatic N) is 1. The van der Waals surface area contributed by atoms with E-state index in [4.69, 9.17) is 24.7 Å². The van der Waals surface area contributed by atoms with Gasteiger partial charge < -0.3 is 24.7 Å². The Hall–Kier alpha value is -4.44. The third-order valence-electron chi connectivity index (χ3n) is 6.12. The molecule has 7 nitrogen and oxygen atoms in total. The van der Waals surface area contributed by atoms with Gasteiger partial charge in [-0.05, 0) is 66.8 Å². The lowest BCUT2D eigenvalue weighted by Gasteiger charge is -2.27. The fraction of sp³-hybridized carbons (Fsp3) is 0.290. The largest absolute Gasteiger partial charge is 0.494 e. The topological polar surface area (TPSA) is 104 Å². The van der Waals surface area contributed by atoms with E-state index in [2.05, 4.69) is 19.9 Å². The molecule has 38 heavy (non-hydrogen) atoms. The number of esters is 1. The Bertz CT molecular complexity index is 1360. The Morgan fingerprint density at radius 2 is 1.74 bits per heavy atom. The summed E-state index contributed by atoms with van der Waals surface area (Å²) in [6.07, 6.45) is 1.84. The van der Waals surface area contributed by atoms with Crippen molar-refractivity contribution in [2.45, 2.75) is 39.5 Å². The van der Waals surface area contributed by atoms with Gasteiger partial charge in [-0.15, -0.1) is 0 Å². The number of fused-ring (bicyclic) bond motifs is 1. The second-order valence-corrected chi connectivity index (χ2v) is 9.49. The molecule has 0 saturated heterocycles. The highest BCUT2D eigenvalue weighted by molar-refractivity contribution is 5.91. The molecular weight excluding hydrogens is 480 g/mol. The lowest BCUT2D eigenvalue weighted by molar-refractivity contribution is 0.0734. The van der Waals surface area contributed by atoms with E-state index in [0.717, 1.165) is 29.7 Å². The SMILES string of the molecule is CCCOc1ccc(C(=O)Oc2ccc3c(c2)OC(N)=C(C#N)C3c2cccc(OCCC(C)C)c2)cc1. The molecule has 1 aliphatic heterocycles. The van der Waals surface area contributed by atoms with Gasteiger partial charge in [0.05, 0.1) is 24.7 Å². The van der Waals surface area contributed by atoms with Crippen molar-refractivity contribution < 1.29 is 23.7 Å². The second kappa shape index (κ2) is 12.2. The molecule has 1 heterocycles. The molecule has 3 aromatic rings. The Kier molecular flexibility index (Phi) is 8.55. The molecule has 2 N–H and O–H groups in total. The third kappa shape index (κ3) is 6.27. The molecule has 0 aliphatic carbocycles. The zero-order valence-corrected chi connectivity index (χ0v) is 21.9. The van der Waals surface area contributed by atoms with Gasteiger partial charge in [0.15, 0.2) is 0 Å². The zero-order valence-electron chi connectivity index (χ0n) is 21.9. The van der Waals surface area contributed by atoms with Gasteiger partial charge in [0.2, 0.25) is 5.88 Å². The highest BCUT2D eigenvalue weighted by Crippen LogP contribution is 2.44. The van der Waals surface area contributed by atoms with Crippen LogP contribution >= 0.6 is 0 Å². The maximum absolute atomic E-state index is 12.7. The van der Waals surface area contributed by atoms with Gasteiger partial charge in [-0.25, -0.2) is 4.79 Å². The van der Waals surface area contributed by atoms with Crippen molar-refractivity contribution in [3.8, 4) is 29.1 Å². The fourth-order valence-corrected chi connectivity index (χ4v) is 4.11. The number of hydrogen-bond acceptors (Lipinski definition) is 7. The Balaban J connectivity index is 1.56. The molecule has 0 amide bonds. The smallest absolute Gasteiger partial charge is 0.343 e. The second-order valence-electron chi connectivity index (χ2n) is 9.49. The lowest BCUT2D eigenvalue weighted by atomic mass is 9.83. The summed E-state index contributed by atoms with van der Waals surface area (Å²) in [6, 6.07) is 21.7. The van der Waals surface area contributed by atoms with E-state index in [1.165, 1.54) is 0 Å². The van der Waals surface area contributed by atoms with Crippen LogP contribution < -0.4 is 24.7 Å². The van der Waals surface area contributed by atoms with E-state index in [1.54, 1.807) is 42.5 Å². The standard InChI is InChI=1S/C31H32N2O5/c1-4-15-35-23-10-8-21(9-11-23)31(34)37-25-12-13-26-28(18-25)38-30(33)27(19-32)29(26)22-6-5-7-24(17-22)36-16-14-20(2)3/h5-13,17-18,20,29H,4,14-16,33H2,1-3H3. The van der Waals surface area contributed by atoms with Crippen LogP contribution in [-0.2, 0) is 0 Å². The van der Waals surface area contributed by atoms with E-state index >= 15 is 0 Å². The minimum Gasteiger partial charge on any atom is -0.494 e. The molecule has 7 heteroatoms. The van der Waals surface area contributed by atoms with Gasteiger partial charge in [-0.1, -0.05) is 39.0 Å². The third-order valence-corrected chi connectivity index (χ3v) is 6.12. The first-order chi connectivity index (χ1) is 18.4. The average Bonchev–Trinajstić information content (AvgIpc) is 2.91. The van der Waals surface area contributed by atoms with Gasteiger partial charge in [-0.2, -0.15) is 5.26 Å². The normalized spacial score (nSPS) is 14.3. The van der Waals surface area contributed by atoms with Crippen molar-refractivity contribution in [2.24, 2.45) is 11.7 Å². The summed E-state index contributed by atoms with van der Waals surface area (Å²) in [5, 5.41) is 9.88. The fourth-order valence-electron chi connectivity index (χ4n) is 4.11. The molecule has 0 fully saturated rings. The van der Waals surface area contributed by atoms with Crippen LogP contribution in [0.25, 0.3) is 0 Å². The Morgan fingerprint density at radius 3 is 2.45 bits per heavy atom. The van der Waals surface area contributed by atoms with Crippen LogP contribution in [0.3, 0.4) is 0 Å². The average molecular weight is 513 g/mol. The van der Waals surface area contributed by atoms with Gasteiger partial charge >= 0.3 is 5.97 Å². The van der Waals surface area contributed by atoms with Crippen molar-refractivity contribution >= 4 is 5.97 Å². The van der Waals surface area contributed by atoms with Crippen LogP contribution in [0.5, 0.6) is 23.0 Å². The molecule has 1 atom stereocenters. The first kappa shape index (κ1) is 26.6. The number of allylic oxidation sites excluding steroid dienone is 1. The van der Waals surface area contributed by atoms with Gasteiger partial charge in [0.1, 0.15) is 34.6 Å². The van der Waals surface area contributed by atoms with Crippen molar-refractivity contribution in [1.82, 2.24) is 0 Å². The van der Waals surface area contributed by atoms with Crippen molar-refractivity contribution in [3.05, 3.63) is 94.9 Å². The number of nitriles is 1. The predicted molar refractivity (Wildman–Crippen MR) is 144 cm³/mol. The quantitative estimate of drug-likeness (QED) is 0.250. The predicted octanol–water partition coefficient (Wildman–Crippen LogP) is 6.34. The van der Waals surface area contributed by atoms with Crippen LogP contribution in [0.4, 0.5) is 0 Å². The van der Waals surface area contributed by atoms with Crippen LogP contribution in [0.2, 0.25) is 0 Å². The van der Waals surface area contributed by atoms with Crippen molar-refractivity contribution in [2.75, 3.05) is 13.2 Å². The molecular formula is C31H32N2O5. The Morgan fingerprint density at radius 1 is 1.00 bits per heavy atom. The molecule has 0 radical (unpaired) electrons. The molecule has 4 rings (SSSR count). The summed E-state index contributed by atoms with van der Waals surface area (Å²) >= 11 is 0. The summed E-state index contributed by atoms with van der Waals surface area (Å²) < 4.78 is 22.9. The first-order valence-corrected chi connectivity index (χ1v) is 12.8. The van der Waals surface area contributed by atoms with Crippen LogP contribution in [-0.4, -0.2) is 19.2 Å². The number of carbonyl (C=O) groups excluding carboxylic acids is 1. The maximum Gasteiger partial charge on any atom is 0.343 e. The molecule has 196 valence electrons. The van der Waals surface area contributed by atoms with Crippen molar-refractivity contribution in [3.63, 3.8) is 0 Å². The van der Waals surface area contributed by atoms with Crippen LogP contribution in [0.15, 0.2) is 78.2 Å². The number of carbonyl (C=O) groups is 1. The monoisotopic (exact) mass is 512 g/mol. The molecule has 0 aromatic heterocycles. The summed E-state index contributed by atoms with van der Waals surface area (Å²) in [4.78, 5) is 12.7. The highest BCUT2D eigenvalue weighted by Gasteiger charge is 2.31.